The number of hydrogen-bond acceptors (Lipinski definition) is 5. The molecule has 8 heteroatoms. The summed E-state index contributed by atoms with van der Waals surface area (Å²) in [5.74, 6) is 1.12. The lowest BCUT2D eigenvalue weighted by atomic mass is 10.1. The van der Waals surface area contributed by atoms with Crippen molar-refractivity contribution in [3.8, 4) is 11.5 Å². The Morgan fingerprint density at radius 3 is 2.40 bits per heavy atom. The summed E-state index contributed by atoms with van der Waals surface area (Å²) < 4.78 is 17.2. The number of carbonyl (C=O) groups excluding carboxylic acids is 1. The molecule has 0 saturated carbocycles. The molecule has 2 aromatic rings. The fourth-order valence-electron chi connectivity index (χ4n) is 3.27. The molecule has 162 valence electrons. The van der Waals surface area contributed by atoms with Crippen molar-refractivity contribution in [2.75, 3.05) is 49.7 Å². The van der Waals surface area contributed by atoms with Gasteiger partial charge in [0.15, 0.2) is 0 Å². The number of ether oxygens (including phenoxy) is 3. The average molecular weight is 453 g/mol. The van der Waals surface area contributed by atoms with Gasteiger partial charge in [-0.05, 0) is 31.5 Å². The second kappa shape index (κ2) is 10.8. The van der Waals surface area contributed by atoms with Crippen LogP contribution in [0, 0.1) is 0 Å². The number of nitrogens with one attached hydrogen (secondary N) is 1. The second-order valence-corrected chi connectivity index (χ2v) is 7.57. The van der Waals surface area contributed by atoms with E-state index in [1.165, 1.54) is 0 Å². The normalized spacial score (nSPS) is 13.8. The first-order chi connectivity index (χ1) is 14.5. The molecular weight excluding hydrogens is 427 g/mol. The van der Waals surface area contributed by atoms with Crippen molar-refractivity contribution in [1.82, 2.24) is 0 Å². The van der Waals surface area contributed by atoms with E-state index in [4.69, 9.17) is 37.4 Å². The third-order valence-electron chi connectivity index (χ3n) is 4.64. The summed E-state index contributed by atoms with van der Waals surface area (Å²) in [6, 6.07) is 8.91. The molecular formula is C22H26Cl2N2O4. The molecule has 30 heavy (non-hydrogen) atoms. The van der Waals surface area contributed by atoms with E-state index in [-0.39, 0.29) is 12.3 Å². The van der Waals surface area contributed by atoms with Crippen molar-refractivity contribution in [2.24, 2.45) is 0 Å². The third kappa shape index (κ3) is 5.72. The molecule has 0 unspecified atom stereocenters. The fourth-order valence-corrected chi connectivity index (χ4v) is 3.59. The van der Waals surface area contributed by atoms with E-state index in [9.17, 15) is 4.79 Å². The van der Waals surface area contributed by atoms with Crippen molar-refractivity contribution >= 4 is 40.5 Å². The zero-order chi connectivity index (χ0) is 21.5. The maximum Gasteiger partial charge on any atom is 0.228 e. The number of nitrogens with zero attached hydrogens (tertiary/aromatic N) is 1. The zero-order valence-corrected chi connectivity index (χ0v) is 18.7. The molecule has 1 heterocycles. The molecule has 0 spiro atoms. The quantitative estimate of drug-likeness (QED) is 0.622. The topological polar surface area (TPSA) is 60.0 Å². The van der Waals surface area contributed by atoms with Crippen LogP contribution in [-0.4, -0.2) is 45.4 Å². The van der Waals surface area contributed by atoms with Crippen LogP contribution in [0.1, 0.15) is 19.4 Å². The minimum absolute atomic E-state index is 0.164. The minimum atomic E-state index is -0.184. The van der Waals surface area contributed by atoms with Crippen molar-refractivity contribution < 1.29 is 19.0 Å². The Kier molecular flexibility index (Phi) is 8.08. The molecule has 2 aromatic carbocycles. The van der Waals surface area contributed by atoms with Gasteiger partial charge in [-0.3, -0.25) is 4.79 Å². The van der Waals surface area contributed by atoms with E-state index >= 15 is 0 Å². The predicted octanol–water partition coefficient (Wildman–Crippen LogP) is 4.81. The van der Waals surface area contributed by atoms with Crippen LogP contribution in [0.5, 0.6) is 11.5 Å². The van der Waals surface area contributed by atoms with Gasteiger partial charge >= 0.3 is 0 Å². The van der Waals surface area contributed by atoms with Crippen LogP contribution in [0.4, 0.5) is 11.4 Å². The SMILES string of the molecule is CCOc1cc(N2CCOCC2)c(OCC)cc1NC(=O)Cc1ccc(Cl)c(Cl)c1. The molecule has 1 N–H and O–H groups in total. The van der Waals surface area contributed by atoms with Gasteiger partial charge in [-0.2, -0.15) is 0 Å². The molecule has 0 bridgehead atoms. The van der Waals surface area contributed by atoms with Gasteiger partial charge in [0.2, 0.25) is 5.91 Å². The lowest BCUT2D eigenvalue weighted by molar-refractivity contribution is -0.115. The van der Waals surface area contributed by atoms with Gasteiger partial charge in [0.25, 0.3) is 0 Å². The number of rotatable bonds is 8. The van der Waals surface area contributed by atoms with Crippen molar-refractivity contribution in [3.63, 3.8) is 0 Å². The monoisotopic (exact) mass is 452 g/mol. The molecule has 3 rings (SSSR count). The third-order valence-corrected chi connectivity index (χ3v) is 5.37. The fraction of sp³-hybridized carbons (Fsp3) is 0.409. The van der Waals surface area contributed by atoms with E-state index in [2.05, 4.69) is 10.2 Å². The molecule has 1 aliphatic heterocycles. The van der Waals surface area contributed by atoms with E-state index in [1.54, 1.807) is 18.2 Å². The Labute approximate surface area is 187 Å². The van der Waals surface area contributed by atoms with Gasteiger partial charge in [-0.1, -0.05) is 29.3 Å². The molecule has 1 fully saturated rings. The van der Waals surface area contributed by atoms with E-state index in [1.807, 2.05) is 26.0 Å². The van der Waals surface area contributed by atoms with Crippen LogP contribution in [0.3, 0.4) is 0 Å². The summed E-state index contributed by atoms with van der Waals surface area (Å²) >= 11 is 12.0. The van der Waals surface area contributed by atoms with Crippen LogP contribution in [0.25, 0.3) is 0 Å². The van der Waals surface area contributed by atoms with Crippen molar-refractivity contribution in [1.29, 1.82) is 0 Å². The lowest BCUT2D eigenvalue weighted by Gasteiger charge is -2.31. The Balaban J connectivity index is 1.85. The van der Waals surface area contributed by atoms with Crippen LogP contribution in [0.15, 0.2) is 30.3 Å². The van der Waals surface area contributed by atoms with Crippen LogP contribution in [0.2, 0.25) is 10.0 Å². The number of benzene rings is 2. The summed E-state index contributed by atoms with van der Waals surface area (Å²) in [5.41, 5.74) is 2.28. The summed E-state index contributed by atoms with van der Waals surface area (Å²) in [7, 11) is 0. The highest BCUT2D eigenvalue weighted by Gasteiger charge is 2.20. The zero-order valence-electron chi connectivity index (χ0n) is 17.2. The average Bonchev–Trinajstić information content (AvgIpc) is 2.73. The van der Waals surface area contributed by atoms with E-state index in [0.717, 1.165) is 24.3 Å². The molecule has 0 aromatic heterocycles. The summed E-state index contributed by atoms with van der Waals surface area (Å²) in [4.78, 5) is 14.9. The summed E-state index contributed by atoms with van der Waals surface area (Å²) in [6.45, 7) is 7.71. The number of amides is 1. The molecule has 1 amide bonds. The number of hydrogen-bond donors (Lipinski definition) is 1. The van der Waals surface area contributed by atoms with Crippen LogP contribution < -0.4 is 19.7 Å². The molecule has 0 atom stereocenters. The Bertz CT molecular complexity index is 886. The van der Waals surface area contributed by atoms with Gasteiger partial charge in [-0.15, -0.1) is 0 Å². The van der Waals surface area contributed by atoms with Crippen LogP contribution >= 0.6 is 23.2 Å². The number of halogens is 2. The minimum Gasteiger partial charge on any atom is -0.492 e. The highest BCUT2D eigenvalue weighted by atomic mass is 35.5. The lowest BCUT2D eigenvalue weighted by Crippen LogP contribution is -2.36. The molecule has 0 radical (unpaired) electrons. The number of carbonyl (C=O) groups is 1. The second-order valence-electron chi connectivity index (χ2n) is 6.75. The van der Waals surface area contributed by atoms with E-state index < -0.39 is 0 Å². The van der Waals surface area contributed by atoms with Crippen LogP contribution in [-0.2, 0) is 16.0 Å². The highest BCUT2D eigenvalue weighted by molar-refractivity contribution is 6.42. The first-order valence-electron chi connectivity index (χ1n) is 10.0. The van der Waals surface area contributed by atoms with Gasteiger partial charge < -0.3 is 24.4 Å². The van der Waals surface area contributed by atoms with Gasteiger partial charge in [0, 0.05) is 25.2 Å². The Morgan fingerprint density at radius 1 is 1.03 bits per heavy atom. The number of anilines is 2. The molecule has 6 nitrogen and oxygen atoms in total. The maximum absolute atomic E-state index is 12.7. The highest BCUT2D eigenvalue weighted by Crippen LogP contribution is 2.39. The van der Waals surface area contributed by atoms with Gasteiger partial charge in [0.1, 0.15) is 11.5 Å². The largest absolute Gasteiger partial charge is 0.492 e. The predicted molar refractivity (Wildman–Crippen MR) is 121 cm³/mol. The summed E-state index contributed by atoms with van der Waals surface area (Å²) in [6.07, 6.45) is 0.164. The Morgan fingerprint density at radius 2 is 1.73 bits per heavy atom. The molecule has 1 aliphatic rings. The molecule has 0 aliphatic carbocycles. The first kappa shape index (κ1) is 22.5. The Hall–Kier alpha value is -2.15. The van der Waals surface area contributed by atoms with Gasteiger partial charge in [0.05, 0.1) is 54.3 Å². The standard InChI is InChI=1S/C22H26Cl2N2O4/c1-3-29-20-14-19(26-7-9-28-10-8-26)21(30-4-2)13-18(20)25-22(27)12-15-5-6-16(23)17(24)11-15/h5-6,11,13-14H,3-4,7-10,12H2,1-2H3,(H,25,27). The van der Waals surface area contributed by atoms with E-state index in [0.29, 0.717) is 53.7 Å². The van der Waals surface area contributed by atoms with Crippen molar-refractivity contribution in [2.45, 2.75) is 20.3 Å². The van der Waals surface area contributed by atoms with Gasteiger partial charge in [-0.25, -0.2) is 0 Å². The molecule has 1 saturated heterocycles. The smallest absolute Gasteiger partial charge is 0.228 e. The van der Waals surface area contributed by atoms with Crippen molar-refractivity contribution in [3.05, 3.63) is 45.9 Å². The number of morpholine rings is 1. The maximum atomic E-state index is 12.7. The summed E-state index contributed by atoms with van der Waals surface area (Å²) in [5, 5.41) is 3.82. The first-order valence-corrected chi connectivity index (χ1v) is 10.8.